The molecule has 0 saturated carbocycles. The second-order valence-corrected chi connectivity index (χ2v) is 0. The molecule has 0 saturated heterocycles. The van der Waals surface area contributed by atoms with Crippen molar-refractivity contribution >= 4 is 0 Å². The summed E-state index contributed by atoms with van der Waals surface area (Å²) < 4.78 is 0. The van der Waals surface area contributed by atoms with E-state index in [-0.39, 0.29) is 800 Å². The van der Waals surface area contributed by atoms with Gasteiger partial charge in [-0.05, 0) is 0 Å². The van der Waals surface area contributed by atoms with Gasteiger partial charge in [0.1, 0.15) is 0 Å². The van der Waals surface area contributed by atoms with Gasteiger partial charge in [0.15, 0.2) is 0 Å². The fourth-order valence-electron chi connectivity index (χ4n) is 0. The van der Waals surface area contributed by atoms with Crippen molar-refractivity contribution in [3.8, 4) is 0 Å². The van der Waals surface area contributed by atoms with Gasteiger partial charge in [0.2, 0.25) is 0 Å². The molecule has 0 aliphatic carbocycles. The third-order valence-corrected chi connectivity index (χ3v) is 0. The van der Waals surface area contributed by atoms with Crippen LogP contribution in [0.15, 0.2) is 0 Å². The van der Waals surface area contributed by atoms with Crippen LogP contribution < -0.4 is 0 Å². The first-order valence-corrected chi connectivity index (χ1v) is 2.00. The molecule has 0 rings (SSSR count). The molecule has 0 bridgehead atoms. The summed E-state index contributed by atoms with van der Waals surface area (Å²) in [5, 5.41) is 0. The van der Waals surface area contributed by atoms with Crippen molar-refractivity contribution in [2.45, 2.75) is 27.7 Å². The molecule has 0 fully saturated rings. The van der Waals surface area contributed by atoms with E-state index in [1.807, 2.05) is 27.7 Å². The van der Waals surface area contributed by atoms with Crippen LogP contribution in [0.5, 0.6) is 0 Å². The minimum Gasteiger partial charge on any atom is -0.358 e. The van der Waals surface area contributed by atoms with E-state index in [1.54, 1.807) is 0 Å². The largest absolute Gasteiger partial charge is 0.358 e. The molecule has 116 valence electrons. The monoisotopic (exact) mass is 2220 g/mol. The van der Waals surface area contributed by atoms with Crippen molar-refractivity contribution in [2.75, 3.05) is 0 Å². The summed E-state index contributed by atoms with van der Waals surface area (Å²) in [7, 11) is 0. The predicted molar refractivity (Wildman–Crippen MR) is 35.5 cm³/mol. The Morgan fingerprint density at radius 3 is 0.133 bits per heavy atom. The van der Waals surface area contributed by atoms with E-state index < -0.39 is 0 Å². The zero-order chi connectivity index (χ0) is 4.00. The average Bonchev–Trinajstić information content (AvgIpc) is 1.50. The zero-order valence-corrected chi connectivity index (χ0v) is 88.0. The maximum absolute atomic E-state index is 2.00. The quantitative estimate of drug-likeness (QED) is 0.328. The minimum absolute atomic E-state index is 0. The molecule has 0 aliphatic rings. The van der Waals surface area contributed by atoms with Gasteiger partial charge in [-0.2, -0.15) is 0 Å². The van der Waals surface area contributed by atoms with Crippen LogP contribution in [0.3, 0.4) is 0 Å². The van der Waals surface area contributed by atoms with E-state index in [0.717, 1.165) is 0 Å². The Bertz CT molecular complexity index is 21.7. The van der Waals surface area contributed by atoms with E-state index in [0.29, 0.717) is 0 Å². The van der Waals surface area contributed by atoms with Crippen LogP contribution in [0.4, 0.5) is 0 Å². The topological polar surface area (TPSA) is 0 Å². The second kappa shape index (κ2) is 235. The molecule has 0 aromatic carbocycles. The zero-order valence-electron chi connectivity index (χ0n) is 19.9. The Morgan fingerprint density at radius 1 is 0.133 bits per heavy atom. The Labute approximate surface area is 797 Å². The molecular formula is C6H18Y24-2. The predicted octanol–water partition coefficient (Wildman–Crippen LogP) is 2.89. The fraction of sp³-hybridized carbons (Fsp3) is 0.667. The van der Waals surface area contributed by atoms with Gasteiger partial charge >= 0.3 is 0 Å². The van der Waals surface area contributed by atoms with Gasteiger partial charge in [-0.25, -0.2) is 0 Å². The van der Waals surface area contributed by atoms with Gasteiger partial charge in [0, 0.05) is 785 Å². The third-order valence-electron chi connectivity index (χ3n) is 0. The molecule has 0 spiro atoms. The summed E-state index contributed by atoms with van der Waals surface area (Å²) in [5.41, 5.74) is 0. The molecule has 24 radical (unpaired) electrons. The van der Waals surface area contributed by atoms with Crippen LogP contribution in [0.1, 0.15) is 27.7 Å². The Hall–Kier alpha value is 26.5. The SMILES string of the molecule is CC.CC.[CH3-].[CH3-].[Y].[Y].[Y].[Y].[Y].[Y].[Y].[Y].[Y].[Y].[Y].[Y].[Y].[Y].[Y].[Y].[Y].[Y].[Y].[Y].[Y].[Y].[Y].[Y]. The molecule has 30 heavy (non-hydrogen) atoms. The summed E-state index contributed by atoms with van der Waals surface area (Å²) in [6.45, 7) is 8.00. The molecule has 0 aromatic heterocycles. The van der Waals surface area contributed by atoms with E-state index in [1.165, 1.54) is 0 Å². The van der Waals surface area contributed by atoms with Crippen LogP contribution in [-0.4, -0.2) is 0 Å². The van der Waals surface area contributed by atoms with Crippen molar-refractivity contribution in [1.29, 1.82) is 0 Å². The Kier molecular flexibility index (Phi) is 1680. The van der Waals surface area contributed by atoms with Crippen LogP contribution in [0.25, 0.3) is 0 Å². The summed E-state index contributed by atoms with van der Waals surface area (Å²) in [4.78, 5) is 0. The molecule has 0 unspecified atom stereocenters. The number of hydrogen-bond acceptors (Lipinski definition) is 0. The molecule has 0 aromatic rings. The first-order valence-electron chi connectivity index (χ1n) is 2.00. The normalized spacial score (nSPS) is 0.400. The average molecular weight is 2220 g/mol. The van der Waals surface area contributed by atoms with Crippen molar-refractivity contribution in [3.05, 3.63) is 14.9 Å². The van der Waals surface area contributed by atoms with Crippen LogP contribution in [0, 0.1) is 14.9 Å². The maximum Gasteiger partial charge on any atom is 0 e. The van der Waals surface area contributed by atoms with Gasteiger partial charge in [0.25, 0.3) is 0 Å². The standard InChI is InChI=1S/2C2H6.2CH3.24Y/c2*1-2;;;;;;;;;;;;;;;;;;;;;;;;;;/h2*1-2H3;2*1H3;;;;;;;;;;;;;;;;;;;;;;;;/q;;2*-1;;;;;;;;;;;;;;;;;;;;;;;;. The molecule has 0 atom stereocenters. The van der Waals surface area contributed by atoms with Crippen molar-refractivity contribution in [1.82, 2.24) is 0 Å². The van der Waals surface area contributed by atoms with Gasteiger partial charge in [-0.3, -0.25) is 0 Å². The van der Waals surface area contributed by atoms with E-state index in [4.69, 9.17) is 0 Å². The third kappa shape index (κ3) is 222. The van der Waals surface area contributed by atoms with E-state index in [2.05, 4.69) is 0 Å². The fourth-order valence-corrected chi connectivity index (χ4v) is 0. The minimum atomic E-state index is 0. The van der Waals surface area contributed by atoms with Crippen LogP contribution in [0.2, 0.25) is 0 Å². The van der Waals surface area contributed by atoms with Crippen molar-refractivity contribution in [3.63, 3.8) is 0 Å². The summed E-state index contributed by atoms with van der Waals surface area (Å²) in [5.74, 6) is 0. The Balaban J connectivity index is -0.0000000000549. The molecule has 0 aliphatic heterocycles. The maximum atomic E-state index is 2.00. The van der Waals surface area contributed by atoms with Gasteiger partial charge in [0.05, 0.1) is 0 Å². The number of rotatable bonds is 0. The molecule has 24 heteroatoms. The summed E-state index contributed by atoms with van der Waals surface area (Å²) in [6.07, 6.45) is 0. The van der Waals surface area contributed by atoms with Crippen LogP contribution in [-0.2, 0) is 785 Å². The second-order valence-electron chi connectivity index (χ2n) is 0. The van der Waals surface area contributed by atoms with Crippen molar-refractivity contribution < 1.29 is 785 Å². The molecule has 0 N–H and O–H groups in total. The smallest absolute Gasteiger partial charge is 0 e. The van der Waals surface area contributed by atoms with E-state index >= 15 is 0 Å². The molecule has 0 amide bonds. The van der Waals surface area contributed by atoms with Gasteiger partial charge in [-0.1, -0.05) is 27.7 Å². The summed E-state index contributed by atoms with van der Waals surface area (Å²) >= 11 is 0. The van der Waals surface area contributed by atoms with Gasteiger partial charge in [-0.15, -0.1) is 0 Å². The van der Waals surface area contributed by atoms with Crippen LogP contribution >= 0.6 is 0 Å². The van der Waals surface area contributed by atoms with Gasteiger partial charge < -0.3 is 14.9 Å². The first-order chi connectivity index (χ1) is 2.00. The van der Waals surface area contributed by atoms with Crippen molar-refractivity contribution in [2.24, 2.45) is 0 Å². The molecule has 0 heterocycles. The first kappa shape index (κ1) is 214. The summed E-state index contributed by atoms with van der Waals surface area (Å²) in [6, 6.07) is 0. The Morgan fingerprint density at radius 2 is 0.133 bits per heavy atom. The number of hydrogen-bond donors (Lipinski definition) is 0. The van der Waals surface area contributed by atoms with E-state index in [9.17, 15) is 0 Å². The molecular weight excluding hydrogens is 2210 g/mol. The molecule has 0 nitrogen and oxygen atoms in total.